The van der Waals surface area contributed by atoms with Gasteiger partial charge in [-0.3, -0.25) is 4.90 Å². The van der Waals surface area contributed by atoms with Gasteiger partial charge >= 0.3 is 11.9 Å². The monoisotopic (exact) mass is 411 g/mol. The van der Waals surface area contributed by atoms with E-state index in [-0.39, 0.29) is 5.41 Å². The third kappa shape index (κ3) is 10.3. The van der Waals surface area contributed by atoms with Crippen molar-refractivity contribution in [2.24, 2.45) is 0 Å². The molecule has 2 rings (SSSR count). The highest BCUT2D eigenvalue weighted by Crippen LogP contribution is 2.27. The highest BCUT2D eigenvalue weighted by Gasteiger charge is 2.14. The van der Waals surface area contributed by atoms with Gasteiger partial charge < -0.3 is 24.4 Å². The van der Waals surface area contributed by atoms with Crippen molar-refractivity contribution in [1.82, 2.24) is 4.90 Å². The van der Waals surface area contributed by atoms with Crippen LogP contribution in [-0.2, 0) is 24.5 Å². The first kappa shape index (κ1) is 24.9. The van der Waals surface area contributed by atoms with Crippen LogP contribution in [0, 0.1) is 6.92 Å². The molecule has 8 nitrogen and oxygen atoms in total. The largest absolute Gasteiger partial charge is 0.491 e. The van der Waals surface area contributed by atoms with Crippen molar-refractivity contribution in [2.45, 2.75) is 33.1 Å². The zero-order valence-electron chi connectivity index (χ0n) is 17.8. The summed E-state index contributed by atoms with van der Waals surface area (Å²) in [6.07, 6.45) is 0. The predicted octanol–water partition coefficient (Wildman–Crippen LogP) is 2.18. The third-order valence-corrected chi connectivity index (χ3v) is 4.36. The average molecular weight is 411 g/mol. The summed E-state index contributed by atoms with van der Waals surface area (Å²) in [5.41, 5.74) is 2.70. The summed E-state index contributed by atoms with van der Waals surface area (Å²) >= 11 is 0. The highest BCUT2D eigenvalue weighted by molar-refractivity contribution is 6.27. The molecule has 0 saturated carbocycles. The number of benzene rings is 1. The Morgan fingerprint density at radius 3 is 2.21 bits per heavy atom. The Bertz CT molecular complexity index is 637. The summed E-state index contributed by atoms with van der Waals surface area (Å²) in [6, 6.07) is 6.44. The second kappa shape index (κ2) is 12.4. The molecule has 0 bridgehead atoms. The zero-order chi connectivity index (χ0) is 21.9. The Kier molecular flexibility index (Phi) is 10.6. The van der Waals surface area contributed by atoms with E-state index in [1.165, 1.54) is 11.1 Å². The normalized spacial score (nSPS) is 14.6. The lowest BCUT2D eigenvalue weighted by Gasteiger charge is -2.26. The van der Waals surface area contributed by atoms with Gasteiger partial charge in [-0.2, -0.15) is 0 Å². The van der Waals surface area contributed by atoms with Crippen molar-refractivity contribution in [2.75, 3.05) is 52.7 Å². The van der Waals surface area contributed by atoms with E-state index in [4.69, 9.17) is 34.0 Å². The Hall–Kier alpha value is -2.16. The van der Waals surface area contributed by atoms with Crippen molar-refractivity contribution in [1.29, 1.82) is 0 Å². The highest BCUT2D eigenvalue weighted by atomic mass is 16.5. The van der Waals surface area contributed by atoms with E-state index < -0.39 is 11.9 Å². The maximum atomic E-state index is 9.10. The quantitative estimate of drug-likeness (QED) is 0.520. The molecular formula is C21H33NO7. The van der Waals surface area contributed by atoms with E-state index >= 15 is 0 Å². The summed E-state index contributed by atoms with van der Waals surface area (Å²) in [5.74, 6) is -2.69. The maximum absolute atomic E-state index is 9.10. The van der Waals surface area contributed by atoms with Crippen molar-refractivity contribution in [3.63, 3.8) is 0 Å². The molecule has 1 heterocycles. The molecule has 0 aliphatic carbocycles. The van der Waals surface area contributed by atoms with Crippen LogP contribution in [0.1, 0.15) is 31.9 Å². The number of hydrogen-bond donors (Lipinski definition) is 2. The molecule has 1 aromatic rings. The van der Waals surface area contributed by atoms with Crippen LogP contribution in [-0.4, -0.2) is 79.7 Å². The summed E-state index contributed by atoms with van der Waals surface area (Å²) in [6.45, 7) is 15.4. The van der Waals surface area contributed by atoms with Crippen molar-refractivity contribution in [3.8, 4) is 5.75 Å². The lowest BCUT2D eigenvalue weighted by Crippen LogP contribution is -2.38. The topological polar surface area (TPSA) is 106 Å². The minimum Gasteiger partial charge on any atom is -0.491 e. The molecule has 0 amide bonds. The molecular weight excluding hydrogens is 378 g/mol. The second-order valence-corrected chi connectivity index (χ2v) is 7.76. The summed E-state index contributed by atoms with van der Waals surface area (Å²) in [4.78, 5) is 20.6. The van der Waals surface area contributed by atoms with E-state index in [9.17, 15) is 0 Å². The van der Waals surface area contributed by atoms with Crippen LogP contribution in [0.5, 0.6) is 5.75 Å². The van der Waals surface area contributed by atoms with E-state index in [0.29, 0.717) is 13.2 Å². The standard InChI is InChI=1S/C19H31NO3.C2H2O4/c1-16-15-17(19(2,3)4)5-6-18(16)23-14-13-22-12-9-20-7-10-21-11-8-20;3-1(4)2(5)6/h5-6,15H,7-14H2,1-4H3;(H,3,4)(H,5,6). The minimum absolute atomic E-state index is 0.173. The van der Waals surface area contributed by atoms with Gasteiger partial charge in [0.1, 0.15) is 12.4 Å². The molecule has 1 aliphatic rings. The van der Waals surface area contributed by atoms with Crippen LogP contribution in [0.2, 0.25) is 0 Å². The van der Waals surface area contributed by atoms with E-state index in [0.717, 1.165) is 45.2 Å². The molecule has 0 aromatic heterocycles. The number of ether oxygens (including phenoxy) is 3. The Morgan fingerprint density at radius 1 is 1.07 bits per heavy atom. The smallest absolute Gasteiger partial charge is 0.414 e. The molecule has 2 N–H and O–H groups in total. The number of carboxylic acids is 2. The predicted molar refractivity (Wildman–Crippen MR) is 109 cm³/mol. The van der Waals surface area contributed by atoms with Crippen LogP contribution in [0.15, 0.2) is 18.2 Å². The molecule has 0 unspecified atom stereocenters. The lowest BCUT2D eigenvalue weighted by molar-refractivity contribution is -0.159. The molecule has 0 radical (unpaired) electrons. The number of nitrogens with zero attached hydrogens (tertiary/aromatic N) is 1. The van der Waals surface area contributed by atoms with Gasteiger partial charge in [-0.25, -0.2) is 9.59 Å². The van der Waals surface area contributed by atoms with Gasteiger partial charge in [0, 0.05) is 19.6 Å². The van der Waals surface area contributed by atoms with Gasteiger partial charge in [-0.05, 0) is 29.5 Å². The maximum Gasteiger partial charge on any atom is 0.414 e. The van der Waals surface area contributed by atoms with Crippen LogP contribution >= 0.6 is 0 Å². The fourth-order valence-corrected chi connectivity index (χ4v) is 2.61. The number of aliphatic carboxylic acids is 2. The Labute approximate surface area is 172 Å². The van der Waals surface area contributed by atoms with Gasteiger partial charge in [0.25, 0.3) is 0 Å². The van der Waals surface area contributed by atoms with Gasteiger partial charge in [-0.15, -0.1) is 0 Å². The average Bonchev–Trinajstić information content (AvgIpc) is 2.66. The molecule has 1 aliphatic heterocycles. The second-order valence-electron chi connectivity index (χ2n) is 7.76. The van der Waals surface area contributed by atoms with Crippen LogP contribution in [0.3, 0.4) is 0 Å². The number of hydrogen-bond acceptors (Lipinski definition) is 6. The summed E-state index contributed by atoms with van der Waals surface area (Å²) in [7, 11) is 0. The van der Waals surface area contributed by atoms with Gasteiger partial charge in [-0.1, -0.05) is 32.9 Å². The fourth-order valence-electron chi connectivity index (χ4n) is 2.61. The fraction of sp³-hybridized carbons (Fsp3) is 0.619. The number of carbonyl (C=O) groups is 2. The van der Waals surface area contributed by atoms with E-state index in [1.807, 2.05) is 0 Å². The number of rotatable bonds is 7. The molecule has 8 heteroatoms. The van der Waals surface area contributed by atoms with E-state index in [2.05, 4.69) is 50.8 Å². The van der Waals surface area contributed by atoms with Crippen molar-refractivity contribution >= 4 is 11.9 Å². The number of morpholine rings is 1. The Balaban J connectivity index is 0.000000612. The Morgan fingerprint density at radius 2 is 1.69 bits per heavy atom. The first-order chi connectivity index (χ1) is 13.6. The van der Waals surface area contributed by atoms with Crippen molar-refractivity contribution in [3.05, 3.63) is 29.3 Å². The third-order valence-electron chi connectivity index (χ3n) is 4.36. The summed E-state index contributed by atoms with van der Waals surface area (Å²) < 4.78 is 16.8. The first-order valence-electron chi connectivity index (χ1n) is 9.69. The minimum atomic E-state index is -1.82. The van der Waals surface area contributed by atoms with Gasteiger partial charge in [0.05, 0.1) is 26.4 Å². The number of carboxylic acid groups (broad SMARTS) is 2. The molecule has 29 heavy (non-hydrogen) atoms. The van der Waals surface area contributed by atoms with Crippen LogP contribution in [0.4, 0.5) is 0 Å². The lowest BCUT2D eigenvalue weighted by atomic mass is 9.86. The van der Waals surface area contributed by atoms with Crippen LogP contribution < -0.4 is 4.74 Å². The van der Waals surface area contributed by atoms with Crippen LogP contribution in [0.25, 0.3) is 0 Å². The van der Waals surface area contributed by atoms with Crippen molar-refractivity contribution < 1.29 is 34.0 Å². The molecule has 1 saturated heterocycles. The molecule has 164 valence electrons. The number of aryl methyl sites for hydroxylation is 1. The summed E-state index contributed by atoms with van der Waals surface area (Å²) in [5, 5.41) is 14.8. The molecule has 1 aromatic carbocycles. The zero-order valence-corrected chi connectivity index (χ0v) is 17.8. The molecule has 0 spiro atoms. The van der Waals surface area contributed by atoms with Gasteiger partial charge in [0.2, 0.25) is 0 Å². The molecule has 0 atom stereocenters. The molecule has 1 fully saturated rings. The van der Waals surface area contributed by atoms with Gasteiger partial charge in [0.15, 0.2) is 0 Å². The van der Waals surface area contributed by atoms with E-state index in [1.54, 1.807) is 0 Å². The SMILES string of the molecule is Cc1cc(C(C)(C)C)ccc1OCCOCCN1CCOCC1.O=C(O)C(=O)O. The first-order valence-corrected chi connectivity index (χ1v) is 9.69.